The van der Waals surface area contributed by atoms with Gasteiger partial charge in [0.2, 0.25) is 0 Å². The van der Waals surface area contributed by atoms with Gasteiger partial charge in [0.25, 0.3) is 0 Å². The van der Waals surface area contributed by atoms with Crippen molar-refractivity contribution in [2.45, 2.75) is 39.7 Å². The van der Waals surface area contributed by atoms with Gasteiger partial charge in [0.05, 0.1) is 6.10 Å². The van der Waals surface area contributed by atoms with Crippen LogP contribution < -0.4 is 0 Å². The van der Waals surface area contributed by atoms with Gasteiger partial charge < -0.3 is 5.11 Å². The van der Waals surface area contributed by atoms with Gasteiger partial charge in [-0.2, -0.15) is 0 Å². The van der Waals surface area contributed by atoms with Crippen LogP contribution in [-0.2, 0) is 4.79 Å². The number of benzene rings is 1. The molecule has 0 aromatic heterocycles. The molecule has 1 N–H and O–H groups in total. The first-order chi connectivity index (χ1) is 8.81. The highest BCUT2D eigenvalue weighted by Crippen LogP contribution is 2.30. The molecule has 0 spiro atoms. The number of ketones is 1. The summed E-state index contributed by atoms with van der Waals surface area (Å²) in [6, 6.07) is 9.78. The van der Waals surface area contributed by atoms with Crippen LogP contribution in [0.15, 0.2) is 43.0 Å². The van der Waals surface area contributed by atoms with Crippen molar-refractivity contribution in [2.75, 3.05) is 0 Å². The lowest BCUT2D eigenvalue weighted by Gasteiger charge is -2.29. The summed E-state index contributed by atoms with van der Waals surface area (Å²) in [6.07, 6.45) is 0.959. The number of hydrogen-bond acceptors (Lipinski definition) is 2. The summed E-state index contributed by atoms with van der Waals surface area (Å²) >= 11 is 0. The third-order valence-electron chi connectivity index (χ3n) is 3.91. The Morgan fingerprint density at radius 1 is 1.26 bits per heavy atom. The Labute approximate surface area is 116 Å². The van der Waals surface area contributed by atoms with Crippen LogP contribution in [-0.4, -0.2) is 17.0 Å². The number of allylic oxidation sites excluding steroid dienone is 1. The van der Waals surface area contributed by atoms with Gasteiger partial charge >= 0.3 is 0 Å². The molecule has 0 aliphatic rings. The summed E-state index contributed by atoms with van der Waals surface area (Å²) in [6.45, 7) is 11.1. The van der Waals surface area contributed by atoms with E-state index in [9.17, 15) is 9.90 Å². The van der Waals surface area contributed by atoms with Crippen molar-refractivity contribution in [3.8, 4) is 0 Å². The lowest BCUT2D eigenvalue weighted by molar-refractivity contribution is -0.132. The fourth-order valence-electron chi connectivity index (χ4n) is 2.23. The smallest absolute Gasteiger partial charge is 0.147 e. The largest absolute Gasteiger partial charge is 0.392 e. The van der Waals surface area contributed by atoms with E-state index in [0.717, 1.165) is 5.56 Å². The van der Waals surface area contributed by atoms with Gasteiger partial charge in [0, 0.05) is 17.3 Å². The lowest BCUT2D eigenvalue weighted by atomic mass is 9.76. The average molecular weight is 260 g/mol. The number of carbonyl (C=O) groups excluding carboxylic acids is 1. The van der Waals surface area contributed by atoms with E-state index >= 15 is 0 Å². The molecule has 2 nitrogen and oxygen atoms in total. The van der Waals surface area contributed by atoms with Crippen molar-refractivity contribution in [3.63, 3.8) is 0 Å². The predicted molar refractivity (Wildman–Crippen MR) is 79.0 cm³/mol. The van der Waals surface area contributed by atoms with Crippen molar-refractivity contribution in [1.82, 2.24) is 0 Å². The van der Waals surface area contributed by atoms with Crippen LogP contribution in [0.25, 0.3) is 0 Å². The maximum Gasteiger partial charge on any atom is 0.147 e. The molecule has 0 heterocycles. The van der Waals surface area contributed by atoms with E-state index in [1.165, 1.54) is 0 Å². The zero-order valence-electron chi connectivity index (χ0n) is 12.3. The van der Waals surface area contributed by atoms with Crippen LogP contribution in [0.3, 0.4) is 0 Å². The fourth-order valence-corrected chi connectivity index (χ4v) is 2.23. The monoisotopic (exact) mass is 260 g/mol. The molecular weight excluding hydrogens is 236 g/mol. The van der Waals surface area contributed by atoms with E-state index in [0.29, 0.717) is 0 Å². The van der Waals surface area contributed by atoms with E-state index < -0.39 is 17.4 Å². The molecule has 0 fully saturated rings. The molecule has 1 aromatic rings. The first-order valence-electron chi connectivity index (χ1n) is 6.72. The molecule has 0 aliphatic heterocycles. The normalized spacial score (nSPS) is 16.5. The molecule has 0 aliphatic carbocycles. The average Bonchev–Trinajstić information content (AvgIpc) is 2.44. The zero-order chi connectivity index (χ0) is 14.6. The van der Waals surface area contributed by atoms with Crippen LogP contribution in [0.1, 0.15) is 39.2 Å². The van der Waals surface area contributed by atoms with Gasteiger partial charge in [-0.1, -0.05) is 50.3 Å². The number of rotatable bonds is 6. The Morgan fingerprint density at radius 2 is 1.79 bits per heavy atom. The fraction of sp³-hybridized carbons (Fsp3) is 0.471. The van der Waals surface area contributed by atoms with Crippen LogP contribution in [0.5, 0.6) is 0 Å². The molecule has 3 atom stereocenters. The second kappa shape index (κ2) is 6.16. The van der Waals surface area contributed by atoms with Crippen molar-refractivity contribution in [3.05, 3.63) is 48.6 Å². The topological polar surface area (TPSA) is 37.3 Å². The minimum atomic E-state index is -0.686. The number of Topliss-reactive ketones (excluding diaryl/α,β-unsaturated/α-hetero) is 1. The summed E-state index contributed by atoms with van der Waals surface area (Å²) in [5.74, 6) is -0.457. The van der Waals surface area contributed by atoms with E-state index in [-0.39, 0.29) is 11.7 Å². The van der Waals surface area contributed by atoms with E-state index in [1.54, 1.807) is 13.0 Å². The molecule has 0 unspecified atom stereocenters. The Balaban J connectivity index is 2.86. The summed E-state index contributed by atoms with van der Waals surface area (Å²) in [5, 5.41) is 10.4. The highest BCUT2D eigenvalue weighted by molar-refractivity contribution is 5.88. The number of aliphatic hydroxyl groups is 1. The van der Waals surface area contributed by atoms with Crippen LogP contribution in [0, 0.1) is 11.3 Å². The van der Waals surface area contributed by atoms with E-state index in [1.807, 2.05) is 51.1 Å². The summed E-state index contributed by atoms with van der Waals surface area (Å²) in [7, 11) is 0. The number of carbonyl (C=O) groups is 1. The van der Waals surface area contributed by atoms with Gasteiger partial charge in [-0.3, -0.25) is 4.79 Å². The van der Waals surface area contributed by atoms with Crippen LogP contribution in [0.4, 0.5) is 0 Å². The number of aliphatic hydroxyl groups excluding tert-OH is 1. The summed E-state index contributed by atoms with van der Waals surface area (Å²) < 4.78 is 0. The van der Waals surface area contributed by atoms with Crippen LogP contribution >= 0.6 is 0 Å². The molecule has 104 valence electrons. The van der Waals surface area contributed by atoms with Gasteiger partial charge in [-0.05, 0) is 19.4 Å². The zero-order valence-corrected chi connectivity index (χ0v) is 12.3. The van der Waals surface area contributed by atoms with Gasteiger partial charge in [0.1, 0.15) is 5.78 Å². The summed E-state index contributed by atoms with van der Waals surface area (Å²) in [4.78, 5) is 12.3. The Morgan fingerprint density at radius 3 is 2.26 bits per heavy atom. The minimum absolute atomic E-state index is 0.0257. The minimum Gasteiger partial charge on any atom is -0.392 e. The first kappa shape index (κ1) is 15.6. The molecule has 0 radical (unpaired) electrons. The standard InChI is InChI=1S/C17H24O2/c1-6-17(4,5)16(19)13(3)15(18)12(2)14-10-8-7-9-11-14/h6-13,15,18H,1H2,2-5H3/t12-,13+,15-/m0/s1. The van der Waals surface area contributed by atoms with Crippen molar-refractivity contribution >= 4 is 5.78 Å². The van der Waals surface area contributed by atoms with Crippen molar-refractivity contribution in [1.29, 1.82) is 0 Å². The second-order valence-corrected chi connectivity index (χ2v) is 5.77. The quantitative estimate of drug-likeness (QED) is 0.794. The second-order valence-electron chi connectivity index (χ2n) is 5.77. The van der Waals surface area contributed by atoms with Crippen molar-refractivity contribution < 1.29 is 9.90 Å². The van der Waals surface area contributed by atoms with Gasteiger partial charge in [-0.15, -0.1) is 6.58 Å². The molecule has 19 heavy (non-hydrogen) atoms. The molecule has 0 saturated heterocycles. The van der Waals surface area contributed by atoms with E-state index in [4.69, 9.17) is 0 Å². The highest BCUT2D eigenvalue weighted by Gasteiger charge is 2.34. The Bertz CT molecular complexity index is 434. The maximum atomic E-state index is 12.3. The number of hydrogen-bond donors (Lipinski definition) is 1. The van der Waals surface area contributed by atoms with Crippen LogP contribution in [0.2, 0.25) is 0 Å². The molecule has 2 heteroatoms. The Hall–Kier alpha value is -1.41. The SMILES string of the molecule is C=CC(C)(C)C(=O)[C@H](C)[C@@H](O)[C@@H](C)c1ccccc1. The molecule has 0 bridgehead atoms. The van der Waals surface area contributed by atoms with Gasteiger partial charge in [-0.25, -0.2) is 0 Å². The molecule has 0 amide bonds. The molecule has 1 aromatic carbocycles. The molecule has 1 rings (SSSR count). The van der Waals surface area contributed by atoms with Crippen molar-refractivity contribution in [2.24, 2.45) is 11.3 Å². The third kappa shape index (κ3) is 3.54. The Kier molecular flexibility index (Phi) is 5.07. The maximum absolute atomic E-state index is 12.3. The first-order valence-corrected chi connectivity index (χ1v) is 6.72. The molecular formula is C17H24O2. The van der Waals surface area contributed by atoms with Gasteiger partial charge in [0.15, 0.2) is 0 Å². The van der Waals surface area contributed by atoms with E-state index in [2.05, 4.69) is 6.58 Å². The summed E-state index contributed by atoms with van der Waals surface area (Å²) in [5.41, 5.74) is 0.447. The highest BCUT2D eigenvalue weighted by atomic mass is 16.3. The third-order valence-corrected chi connectivity index (χ3v) is 3.91. The predicted octanol–water partition coefficient (Wildman–Crippen LogP) is 3.57. The lowest BCUT2D eigenvalue weighted by Crippen LogP contribution is -2.37. The molecule has 0 saturated carbocycles.